The van der Waals surface area contributed by atoms with Gasteiger partial charge >= 0.3 is 6.18 Å². The first-order valence-corrected chi connectivity index (χ1v) is 10.7. The minimum Gasteiger partial charge on any atom is -0.300 e. The monoisotopic (exact) mass is 496 g/mol. The second-order valence-corrected chi connectivity index (χ2v) is 8.42. The number of rotatable bonds is 8. The van der Waals surface area contributed by atoms with Crippen LogP contribution in [0.2, 0.25) is 20.1 Å². The molecule has 1 unspecified atom stereocenters. The Morgan fingerprint density at radius 2 is 1.63 bits per heavy atom. The number of Topliss-reactive ketones (excluding diaryl/α,β-unsaturated/α-hetero) is 1. The van der Waals surface area contributed by atoms with Crippen molar-refractivity contribution in [3.63, 3.8) is 0 Å². The maximum atomic E-state index is 13.6. The zero-order valence-corrected chi connectivity index (χ0v) is 19.0. The van der Waals surface area contributed by atoms with Gasteiger partial charge in [-0.3, -0.25) is 4.79 Å². The average Bonchev–Trinajstić information content (AvgIpc) is 2.64. The molecule has 0 fully saturated rings. The van der Waals surface area contributed by atoms with Gasteiger partial charge in [-0.25, -0.2) is 0 Å². The average molecular weight is 498 g/mol. The number of allylic oxidation sites excluding steroid dienone is 1. The standard InChI is InChI=1S/C22H19Cl4F3O/c1-2-3-16(30)8-7-14-6-4-13(10-18(14)23)5-9-17(22(27,28)29)15-11-19(24)21(26)20(25)12-15/h4-6,9-12,17H,2-3,7-8H2,1H3/b9-5+. The van der Waals surface area contributed by atoms with Crippen LogP contribution in [0.4, 0.5) is 13.2 Å². The van der Waals surface area contributed by atoms with Crippen molar-refractivity contribution < 1.29 is 18.0 Å². The molecule has 2 rings (SSSR count). The van der Waals surface area contributed by atoms with E-state index in [-0.39, 0.29) is 26.4 Å². The highest BCUT2D eigenvalue weighted by Gasteiger charge is 2.39. The van der Waals surface area contributed by atoms with Crippen LogP contribution in [-0.4, -0.2) is 12.0 Å². The molecule has 0 aromatic heterocycles. The second kappa shape index (κ2) is 10.9. The van der Waals surface area contributed by atoms with Crippen LogP contribution in [0.3, 0.4) is 0 Å². The van der Waals surface area contributed by atoms with Crippen molar-refractivity contribution in [2.45, 2.75) is 44.7 Å². The van der Waals surface area contributed by atoms with Crippen molar-refractivity contribution >= 4 is 58.3 Å². The minimum atomic E-state index is -4.56. The second-order valence-electron chi connectivity index (χ2n) is 6.82. The Kier molecular flexibility index (Phi) is 9.11. The number of aryl methyl sites for hydroxylation is 1. The van der Waals surface area contributed by atoms with E-state index in [1.165, 1.54) is 6.08 Å². The van der Waals surface area contributed by atoms with Gasteiger partial charge in [-0.15, -0.1) is 0 Å². The summed E-state index contributed by atoms with van der Waals surface area (Å²) in [6.07, 6.45) is 0.00113. The fourth-order valence-electron chi connectivity index (χ4n) is 2.92. The van der Waals surface area contributed by atoms with Gasteiger partial charge in [0.2, 0.25) is 0 Å². The van der Waals surface area contributed by atoms with E-state index in [2.05, 4.69) is 0 Å². The lowest BCUT2D eigenvalue weighted by molar-refractivity contribution is -0.139. The lowest BCUT2D eigenvalue weighted by Gasteiger charge is -2.18. The van der Waals surface area contributed by atoms with E-state index in [9.17, 15) is 18.0 Å². The molecule has 1 atom stereocenters. The summed E-state index contributed by atoms with van der Waals surface area (Å²) in [5.41, 5.74) is 1.17. The van der Waals surface area contributed by atoms with Crippen molar-refractivity contribution in [2.75, 3.05) is 0 Å². The number of hydrogen-bond acceptors (Lipinski definition) is 1. The fraction of sp³-hybridized carbons (Fsp3) is 0.318. The number of hydrogen-bond donors (Lipinski definition) is 0. The molecular weight excluding hydrogens is 479 g/mol. The van der Waals surface area contributed by atoms with Crippen molar-refractivity contribution in [2.24, 2.45) is 0 Å². The lowest BCUT2D eigenvalue weighted by Crippen LogP contribution is -2.19. The SMILES string of the molecule is CCCC(=O)CCc1ccc(/C=C/C(c2cc(Cl)c(Cl)c(Cl)c2)C(F)(F)F)cc1Cl. The Labute approximate surface area is 193 Å². The molecule has 0 N–H and O–H groups in total. The number of ketones is 1. The predicted octanol–water partition coefficient (Wildman–Crippen LogP) is 8.96. The smallest absolute Gasteiger partial charge is 0.300 e. The Morgan fingerprint density at radius 1 is 1.00 bits per heavy atom. The minimum absolute atomic E-state index is 0.00627. The molecule has 0 amide bonds. The summed E-state index contributed by atoms with van der Waals surface area (Å²) in [6.45, 7) is 1.94. The number of alkyl halides is 3. The van der Waals surface area contributed by atoms with E-state index in [0.717, 1.165) is 30.2 Å². The summed E-state index contributed by atoms with van der Waals surface area (Å²) in [5.74, 6) is -1.76. The van der Waals surface area contributed by atoms with Crippen LogP contribution in [0.25, 0.3) is 6.08 Å². The van der Waals surface area contributed by atoms with Gasteiger partial charge in [0.25, 0.3) is 0 Å². The van der Waals surface area contributed by atoms with Gasteiger partial charge in [-0.1, -0.05) is 77.6 Å². The molecule has 0 aliphatic rings. The number of carbonyl (C=O) groups excluding carboxylic acids is 1. The van der Waals surface area contributed by atoms with Crippen molar-refractivity contribution in [1.29, 1.82) is 0 Å². The first-order valence-electron chi connectivity index (χ1n) is 9.22. The molecule has 2 aromatic carbocycles. The van der Waals surface area contributed by atoms with Crippen LogP contribution in [0.15, 0.2) is 36.4 Å². The van der Waals surface area contributed by atoms with E-state index in [0.29, 0.717) is 29.8 Å². The molecular formula is C22H19Cl4F3O. The summed E-state index contributed by atoms with van der Waals surface area (Å²) in [6, 6.07) is 7.27. The molecule has 0 radical (unpaired) electrons. The molecule has 0 aliphatic heterocycles. The zero-order chi connectivity index (χ0) is 22.5. The number of halogens is 7. The van der Waals surface area contributed by atoms with Gasteiger partial charge in [0.1, 0.15) is 5.78 Å². The highest BCUT2D eigenvalue weighted by atomic mass is 35.5. The fourth-order valence-corrected chi connectivity index (χ4v) is 3.82. The maximum absolute atomic E-state index is 13.6. The Hall–Kier alpha value is -1.20. The van der Waals surface area contributed by atoms with E-state index in [1.54, 1.807) is 18.2 Å². The van der Waals surface area contributed by atoms with Gasteiger partial charge in [0.15, 0.2) is 0 Å². The van der Waals surface area contributed by atoms with E-state index in [4.69, 9.17) is 46.4 Å². The molecule has 0 saturated carbocycles. The Bertz CT molecular complexity index is 915. The van der Waals surface area contributed by atoms with Gasteiger partial charge < -0.3 is 0 Å². The van der Waals surface area contributed by atoms with Gasteiger partial charge in [-0.2, -0.15) is 13.2 Å². The largest absolute Gasteiger partial charge is 0.399 e. The molecule has 0 aliphatic carbocycles. The number of benzene rings is 2. The van der Waals surface area contributed by atoms with Gasteiger partial charge in [0.05, 0.1) is 21.0 Å². The quantitative estimate of drug-likeness (QED) is 0.332. The molecule has 162 valence electrons. The number of carbonyl (C=O) groups is 1. The van der Waals surface area contributed by atoms with Crippen molar-refractivity contribution in [3.8, 4) is 0 Å². The van der Waals surface area contributed by atoms with Crippen LogP contribution in [-0.2, 0) is 11.2 Å². The molecule has 30 heavy (non-hydrogen) atoms. The van der Waals surface area contributed by atoms with Crippen LogP contribution in [0.1, 0.15) is 48.8 Å². The zero-order valence-electron chi connectivity index (χ0n) is 16.0. The molecule has 0 spiro atoms. The van der Waals surface area contributed by atoms with Gasteiger partial charge in [-0.05, 0) is 47.7 Å². The first kappa shape index (κ1) is 25.1. The highest BCUT2D eigenvalue weighted by molar-refractivity contribution is 6.48. The molecule has 2 aromatic rings. The third-order valence-corrected chi connectivity index (χ3v) is 6.03. The van der Waals surface area contributed by atoms with Crippen LogP contribution in [0.5, 0.6) is 0 Å². The summed E-state index contributed by atoms with van der Waals surface area (Å²) in [7, 11) is 0. The molecule has 0 heterocycles. The lowest BCUT2D eigenvalue weighted by atomic mass is 9.96. The van der Waals surface area contributed by atoms with Gasteiger partial charge in [0, 0.05) is 17.9 Å². The maximum Gasteiger partial charge on any atom is 0.399 e. The Morgan fingerprint density at radius 3 is 2.17 bits per heavy atom. The van der Waals surface area contributed by atoms with Crippen LogP contribution < -0.4 is 0 Å². The van der Waals surface area contributed by atoms with E-state index in [1.807, 2.05) is 6.92 Å². The van der Waals surface area contributed by atoms with Crippen LogP contribution in [0, 0.1) is 0 Å². The molecule has 8 heteroatoms. The third kappa shape index (κ3) is 6.91. The predicted molar refractivity (Wildman–Crippen MR) is 119 cm³/mol. The van der Waals surface area contributed by atoms with Crippen LogP contribution >= 0.6 is 46.4 Å². The topological polar surface area (TPSA) is 17.1 Å². The van der Waals surface area contributed by atoms with Crippen molar-refractivity contribution in [3.05, 3.63) is 73.2 Å². The first-order chi connectivity index (χ1) is 14.0. The summed E-state index contributed by atoms with van der Waals surface area (Å²) < 4.78 is 40.9. The summed E-state index contributed by atoms with van der Waals surface area (Å²) in [4.78, 5) is 11.7. The van der Waals surface area contributed by atoms with Crippen molar-refractivity contribution in [1.82, 2.24) is 0 Å². The molecule has 0 saturated heterocycles. The molecule has 1 nitrogen and oxygen atoms in total. The third-order valence-electron chi connectivity index (χ3n) is 4.48. The van der Waals surface area contributed by atoms with E-state index < -0.39 is 12.1 Å². The highest BCUT2D eigenvalue weighted by Crippen LogP contribution is 2.41. The normalized spacial score (nSPS) is 13.1. The molecule has 0 bridgehead atoms. The van der Waals surface area contributed by atoms with E-state index >= 15 is 0 Å². The summed E-state index contributed by atoms with van der Waals surface area (Å²) in [5, 5.41) is 0.313. The Balaban J connectivity index is 2.24. The summed E-state index contributed by atoms with van der Waals surface area (Å²) >= 11 is 23.9.